The molecule has 0 amide bonds. The Morgan fingerprint density at radius 2 is 0.404 bits per heavy atom. The summed E-state index contributed by atoms with van der Waals surface area (Å²) in [5.74, 6) is -2.10. The normalized spacial score (nSPS) is 13.8. The molecule has 0 heterocycles. The van der Waals surface area contributed by atoms with Crippen molar-refractivity contribution in [1.82, 2.24) is 0 Å². The SMILES string of the molecule is CCCCCCCCCCCCCCCCCCCCCCCCC(=O)O[C@H](COC(=O)CCCCCCCCCCCCCCC)COP(=O)(O)OC[C@@H](O)COP(=O)(O)OC[C@@H](COC(=O)CCCCCCCCCCCCCC)OC(=O)CCCCCCCCCCCCCC. The van der Waals surface area contributed by atoms with Gasteiger partial charge in [-0.25, -0.2) is 9.13 Å². The highest BCUT2D eigenvalue weighted by molar-refractivity contribution is 7.47. The molecule has 0 radical (unpaired) electrons. The van der Waals surface area contributed by atoms with E-state index < -0.39 is 97.5 Å². The summed E-state index contributed by atoms with van der Waals surface area (Å²) in [6, 6.07) is 0. The maximum Gasteiger partial charge on any atom is 0.472 e. The first kappa shape index (κ1) is 97.1. The summed E-state index contributed by atoms with van der Waals surface area (Å²) in [5, 5.41) is 10.6. The Balaban J connectivity index is 5.19. The Morgan fingerprint density at radius 1 is 0.242 bits per heavy atom. The number of unbranched alkanes of at least 4 members (excludes halogenated alkanes) is 55. The third-order valence-corrected chi connectivity index (χ3v) is 20.8. The molecule has 99 heavy (non-hydrogen) atoms. The van der Waals surface area contributed by atoms with Crippen LogP contribution in [0.1, 0.15) is 432 Å². The minimum Gasteiger partial charge on any atom is -0.462 e. The van der Waals surface area contributed by atoms with E-state index >= 15 is 0 Å². The lowest BCUT2D eigenvalue weighted by Crippen LogP contribution is -2.30. The fourth-order valence-electron chi connectivity index (χ4n) is 12.5. The van der Waals surface area contributed by atoms with Gasteiger partial charge in [-0.2, -0.15) is 0 Å². The van der Waals surface area contributed by atoms with Gasteiger partial charge in [-0.1, -0.05) is 381 Å². The molecule has 588 valence electrons. The predicted octanol–water partition coefficient (Wildman–Crippen LogP) is 24.2. The van der Waals surface area contributed by atoms with Gasteiger partial charge in [0.2, 0.25) is 0 Å². The molecule has 0 aliphatic heterocycles. The van der Waals surface area contributed by atoms with E-state index in [9.17, 15) is 43.2 Å². The molecule has 0 aromatic carbocycles. The summed E-state index contributed by atoms with van der Waals surface area (Å²) in [6.07, 6.45) is 66.5. The molecule has 0 aromatic rings. The maximum absolute atomic E-state index is 13.1. The van der Waals surface area contributed by atoms with Crippen LogP contribution in [0.25, 0.3) is 0 Å². The zero-order chi connectivity index (χ0) is 72.5. The van der Waals surface area contributed by atoms with Gasteiger partial charge in [0.15, 0.2) is 12.2 Å². The molecule has 0 aromatic heterocycles. The summed E-state index contributed by atoms with van der Waals surface area (Å²) in [5.41, 5.74) is 0. The zero-order valence-corrected chi connectivity index (χ0v) is 66.3. The van der Waals surface area contributed by atoms with Crippen LogP contribution in [0.15, 0.2) is 0 Å². The van der Waals surface area contributed by atoms with Crippen molar-refractivity contribution >= 4 is 39.5 Å². The largest absolute Gasteiger partial charge is 0.472 e. The van der Waals surface area contributed by atoms with Crippen molar-refractivity contribution in [2.24, 2.45) is 0 Å². The van der Waals surface area contributed by atoms with Gasteiger partial charge in [0.05, 0.1) is 26.4 Å². The van der Waals surface area contributed by atoms with Crippen LogP contribution in [0.3, 0.4) is 0 Å². The number of aliphatic hydroxyl groups is 1. The van der Waals surface area contributed by atoms with Crippen LogP contribution in [0.2, 0.25) is 0 Å². The topological polar surface area (TPSA) is 237 Å². The number of esters is 4. The van der Waals surface area contributed by atoms with Crippen molar-refractivity contribution in [2.75, 3.05) is 39.6 Å². The average molecular weight is 1450 g/mol. The minimum absolute atomic E-state index is 0.108. The first-order valence-electron chi connectivity index (χ1n) is 41.8. The second kappa shape index (κ2) is 74.3. The number of hydrogen-bond acceptors (Lipinski definition) is 15. The zero-order valence-electron chi connectivity index (χ0n) is 64.5. The fourth-order valence-corrected chi connectivity index (χ4v) is 14.0. The van der Waals surface area contributed by atoms with Gasteiger partial charge in [-0.05, 0) is 25.7 Å². The minimum atomic E-state index is -4.96. The van der Waals surface area contributed by atoms with Gasteiger partial charge >= 0.3 is 39.5 Å². The van der Waals surface area contributed by atoms with E-state index in [0.29, 0.717) is 25.7 Å². The molecule has 0 aliphatic rings. The standard InChI is InChI=1S/C80H156O17P2/c1-5-9-13-17-21-25-29-33-34-35-36-37-38-39-40-41-43-47-51-55-59-63-67-80(85)97-76(71-91-78(83)65-61-57-53-49-46-42-30-26-22-18-14-10-6-2)73-95-99(88,89)93-69-74(81)68-92-98(86,87)94-72-75(96-79(84)66-62-58-54-50-45-32-28-24-20-16-12-8-4)70-90-77(82)64-60-56-52-48-44-31-27-23-19-15-11-7-3/h74-76,81H,5-73H2,1-4H3,(H,86,87)(H,88,89)/t74-,75+,76+/m0/s1. The molecular formula is C80H156O17P2. The van der Waals surface area contributed by atoms with Gasteiger partial charge in [0, 0.05) is 25.7 Å². The van der Waals surface area contributed by atoms with Crippen LogP contribution >= 0.6 is 15.6 Å². The van der Waals surface area contributed by atoms with E-state index in [4.69, 9.17) is 37.0 Å². The molecule has 17 nitrogen and oxygen atoms in total. The Morgan fingerprint density at radius 3 is 0.596 bits per heavy atom. The predicted molar refractivity (Wildman–Crippen MR) is 405 cm³/mol. The van der Waals surface area contributed by atoms with Crippen LogP contribution in [0.5, 0.6) is 0 Å². The lowest BCUT2D eigenvalue weighted by molar-refractivity contribution is -0.161. The second-order valence-corrected chi connectivity index (χ2v) is 31.7. The number of carbonyl (C=O) groups excluding carboxylic acids is 4. The first-order chi connectivity index (χ1) is 48.2. The molecule has 3 N–H and O–H groups in total. The number of ether oxygens (including phenoxy) is 4. The van der Waals surface area contributed by atoms with Crippen LogP contribution in [-0.2, 0) is 65.4 Å². The quantitative estimate of drug-likeness (QED) is 0.0222. The molecule has 19 heteroatoms. The monoisotopic (exact) mass is 1450 g/mol. The van der Waals surface area contributed by atoms with Gasteiger partial charge < -0.3 is 33.8 Å². The number of carbonyl (C=O) groups is 4. The van der Waals surface area contributed by atoms with Gasteiger partial charge in [-0.15, -0.1) is 0 Å². The van der Waals surface area contributed by atoms with Crippen LogP contribution in [0.4, 0.5) is 0 Å². The van der Waals surface area contributed by atoms with Crippen molar-refractivity contribution in [3.05, 3.63) is 0 Å². The number of aliphatic hydroxyl groups excluding tert-OH is 1. The van der Waals surface area contributed by atoms with Crippen molar-refractivity contribution in [3.63, 3.8) is 0 Å². The molecule has 2 unspecified atom stereocenters. The van der Waals surface area contributed by atoms with Crippen LogP contribution < -0.4 is 0 Å². The number of rotatable bonds is 81. The van der Waals surface area contributed by atoms with E-state index in [0.717, 1.165) is 89.9 Å². The summed E-state index contributed by atoms with van der Waals surface area (Å²) in [4.78, 5) is 72.9. The lowest BCUT2D eigenvalue weighted by atomic mass is 10.0. The second-order valence-electron chi connectivity index (χ2n) is 28.8. The van der Waals surface area contributed by atoms with Crippen molar-refractivity contribution in [2.45, 2.75) is 451 Å². The van der Waals surface area contributed by atoms with Gasteiger partial charge in [0.25, 0.3) is 0 Å². The molecule has 0 aliphatic carbocycles. The van der Waals surface area contributed by atoms with Gasteiger partial charge in [-0.3, -0.25) is 37.3 Å². The Hall–Kier alpha value is -1.94. The van der Waals surface area contributed by atoms with Crippen molar-refractivity contribution in [1.29, 1.82) is 0 Å². The maximum atomic E-state index is 13.1. The summed E-state index contributed by atoms with van der Waals surface area (Å²) in [6.45, 7) is 5.01. The molecule has 0 saturated carbocycles. The summed E-state index contributed by atoms with van der Waals surface area (Å²) >= 11 is 0. The smallest absolute Gasteiger partial charge is 0.462 e. The van der Waals surface area contributed by atoms with E-state index in [-0.39, 0.29) is 25.7 Å². The molecule has 5 atom stereocenters. The third-order valence-electron chi connectivity index (χ3n) is 18.9. The average Bonchev–Trinajstić information content (AvgIpc) is 1.10. The van der Waals surface area contributed by atoms with Crippen LogP contribution in [-0.4, -0.2) is 96.7 Å². The molecule has 0 fully saturated rings. The number of phosphoric ester groups is 2. The highest BCUT2D eigenvalue weighted by Crippen LogP contribution is 2.45. The Labute approximate surface area is 607 Å². The molecule has 0 rings (SSSR count). The molecular weight excluding hydrogens is 1290 g/mol. The number of hydrogen-bond donors (Lipinski definition) is 3. The Kier molecular flexibility index (Phi) is 72.9. The summed E-state index contributed by atoms with van der Waals surface area (Å²) < 4.78 is 68.7. The molecule has 0 spiro atoms. The van der Waals surface area contributed by atoms with Gasteiger partial charge in [0.1, 0.15) is 19.3 Å². The lowest BCUT2D eigenvalue weighted by Gasteiger charge is -2.21. The van der Waals surface area contributed by atoms with Crippen molar-refractivity contribution < 1.29 is 80.2 Å². The van der Waals surface area contributed by atoms with E-state index in [1.54, 1.807) is 0 Å². The van der Waals surface area contributed by atoms with Crippen LogP contribution in [0, 0.1) is 0 Å². The third kappa shape index (κ3) is 74.1. The van der Waals surface area contributed by atoms with E-state index in [1.807, 2.05) is 0 Å². The highest BCUT2D eigenvalue weighted by Gasteiger charge is 2.30. The molecule has 0 saturated heterocycles. The first-order valence-corrected chi connectivity index (χ1v) is 44.8. The molecule has 0 bridgehead atoms. The summed E-state index contributed by atoms with van der Waals surface area (Å²) in [7, 11) is -9.91. The van der Waals surface area contributed by atoms with E-state index in [2.05, 4.69) is 27.7 Å². The van der Waals surface area contributed by atoms with Crippen molar-refractivity contribution in [3.8, 4) is 0 Å². The number of phosphoric acid groups is 2. The highest BCUT2D eigenvalue weighted by atomic mass is 31.2. The van der Waals surface area contributed by atoms with E-state index in [1.165, 1.54) is 263 Å². The Bertz CT molecular complexity index is 1880. The fraction of sp³-hybridized carbons (Fsp3) is 0.950.